The van der Waals surface area contributed by atoms with Gasteiger partial charge in [0.2, 0.25) is 0 Å². The minimum absolute atomic E-state index is 0.162. The van der Waals surface area contributed by atoms with Crippen molar-refractivity contribution in [3.05, 3.63) is 28.2 Å². The Bertz CT molecular complexity index is 349. The van der Waals surface area contributed by atoms with Gasteiger partial charge in [0.05, 0.1) is 5.56 Å². The van der Waals surface area contributed by atoms with Gasteiger partial charge in [-0.25, -0.2) is 0 Å². The van der Waals surface area contributed by atoms with Crippen molar-refractivity contribution in [2.45, 2.75) is 6.36 Å². The maximum atomic E-state index is 11.8. The van der Waals surface area contributed by atoms with Crippen molar-refractivity contribution in [3.63, 3.8) is 0 Å². The summed E-state index contributed by atoms with van der Waals surface area (Å²) >= 11 is 2.94. The minimum Gasteiger partial charge on any atom is -0.405 e. The first-order valence-corrected chi connectivity index (χ1v) is 4.23. The molecule has 76 valence electrons. The third-order valence-electron chi connectivity index (χ3n) is 1.36. The highest BCUT2D eigenvalue weighted by atomic mass is 79.9. The molecule has 0 amide bonds. The summed E-state index contributed by atoms with van der Waals surface area (Å²) < 4.78 is 39.4. The van der Waals surface area contributed by atoms with Crippen LogP contribution >= 0.6 is 15.9 Å². The van der Waals surface area contributed by atoms with E-state index in [1.807, 2.05) is 0 Å². The number of benzene rings is 1. The van der Waals surface area contributed by atoms with Gasteiger partial charge >= 0.3 is 6.36 Å². The summed E-state index contributed by atoms with van der Waals surface area (Å²) in [6.45, 7) is 0. The number of rotatable bonds is 2. The highest BCUT2D eigenvalue weighted by molar-refractivity contribution is 9.10. The van der Waals surface area contributed by atoms with Crippen LogP contribution in [0.25, 0.3) is 0 Å². The maximum Gasteiger partial charge on any atom is 0.573 e. The van der Waals surface area contributed by atoms with Crippen LogP contribution in [0.2, 0.25) is 0 Å². The van der Waals surface area contributed by atoms with Crippen LogP contribution in [-0.4, -0.2) is 12.6 Å². The Morgan fingerprint density at radius 1 is 1.36 bits per heavy atom. The van der Waals surface area contributed by atoms with Crippen molar-refractivity contribution >= 4 is 22.2 Å². The van der Waals surface area contributed by atoms with Crippen LogP contribution in [0.5, 0.6) is 5.75 Å². The van der Waals surface area contributed by atoms with Crippen LogP contribution in [0.15, 0.2) is 22.7 Å². The van der Waals surface area contributed by atoms with E-state index in [-0.39, 0.29) is 10.0 Å². The van der Waals surface area contributed by atoms with E-state index in [2.05, 4.69) is 20.7 Å². The normalized spacial score (nSPS) is 11.1. The second kappa shape index (κ2) is 4.00. The molecule has 0 radical (unpaired) electrons. The summed E-state index contributed by atoms with van der Waals surface area (Å²) in [5.74, 6) is -0.512. The molecule has 0 bridgehead atoms. The number of carbonyl (C=O) groups excluding carboxylic acids is 1. The fourth-order valence-electron chi connectivity index (χ4n) is 0.845. The standard InChI is InChI=1S/C8H4BrF3O2/c9-6-2-1-3-7(5(6)4-13)14-8(10,11)12/h1-4H. The third-order valence-corrected chi connectivity index (χ3v) is 2.05. The van der Waals surface area contributed by atoms with Crippen molar-refractivity contribution in [3.8, 4) is 5.75 Å². The zero-order chi connectivity index (χ0) is 10.8. The SMILES string of the molecule is O=Cc1c(Br)cccc1OC(F)(F)F. The van der Waals surface area contributed by atoms with E-state index >= 15 is 0 Å². The van der Waals surface area contributed by atoms with Gasteiger partial charge in [0.15, 0.2) is 6.29 Å². The van der Waals surface area contributed by atoms with Crippen molar-refractivity contribution in [2.75, 3.05) is 0 Å². The van der Waals surface area contributed by atoms with Crippen LogP contribution in [0, 0.1) is 0 Å². The topological polar surface area (TPSA) is 26.3 Å². The third kappa shape index (κ3) is 2.73. The summed E-state index contributed by atoms with van der Waals surface area (Å²) in [6.07, 6.45) is -4.50. The Kier molecular flexibility index (Phi) is 3.15. The van der Waals surface area contributed by atoms with E-state index in [1.54, 1.807) is 0 Å². The predicted octanol–water partition coefficient (Wildman–Crippen LogP) is 3.16. The average Bonchev–Trinajstić information content (AvgIpc) is 2.01. The van der Waals surface area contributed by atoms with E-state index in [1.165, 1.54) is 12.1 Å². The van der Waals surface area contributed by atoms with E-state index in [0.29, 0.717) is 6.29 Å². The van der Waals surface area contributed by atoms with E-state index < -0.39 is 12.1 Å². The van der Waals surface area contributed by atoms with Gasteiger partial charge in [0.1, 0.15) is 5.75 Å². The van der Waals surface area contributed by atoms with Crippen molar-refractivity contribution < 1.29 is 22.7 Å². The van der Waals surface area contributed by atoms with Crippen LogP contribution in [0.1, 0.15) is 10.4 Å². The van der Waals surface area contributed by atoms with E-state index in [0.717, 1.165) is 6.07 Å². The summed E-state index contributed by atoms with van der Waals surface area (Å²) in [7, 11) is 0. The average molecular weight is 269 g/mol. The number of aldehydes is 1. The Hall–Kier alpha value is -1.04. The Morgan fingerprint density at radius 3 is 2.50 bits per heavy atom. The Labute approximate surface area is 85.8 Å². The number of alkyl halides is 3. The second-order valence-electron chi connectivity index (χ2n) is 2.32. The molecule has 0 unspecified atom stereocenters. The van der Waals surface area contributed by atoms with Crippen molar-refractivity contribution in [1.29, 1.82) is 0 Å². The molecule has 0 saturated carbocycles. The van der Waals surface area contributed by atoms with Gasteiger partial charge < -0.3 is 4.74 Å². The van der Waals surface area contributed by atoms with Crippen LogP contribution in [-0.2, 0) is 0 Å². The quantitative estimate of drug-likeness (QED) is 0.771. The molecule has 14 heavy (non-hydrogen) atoms. The first kappa shape index (κ1) is 11.0. The molecular weight excluding hydrogens is 265 g/mol. The van der Waals surface area contributed by atoms with E-state index in [4.69, 9.17) is 0 Å². The van der Waals surface area contributed by atoms with E-state index in [9.17, 15) is 18.0 Å². The van der Waals surface area contributed by atoms with Gasteiger partial charge in [0, 0.05) is 4.47 Å². The van der Waals surface area contributed by atoms with Gasteiger partial charge in [-0.3, -0.25) is 4.79 Å². The molecule has 0 aliphatic heterocycles. The zero-order valence-electron chi connectivity index (χ0n) is 6.64. The number of carbonyl (C=O) groups is 1. The van der Waals surface area contributed by atoms with Gasteiger partial charge in [-0.1, -0.05) is 6.07 Å². The number of hydrogen-bond acceptors (Lipinski definition) is 2. The second-order valence-corrected chi connectivity index (χ2v) is 3.17. The molecule has 0 spiro atoms. The predicted molar refractivity (Wildman–Crippen MR) is 46.2 cm³/mol. The minimum atomic E-state index is -4.79. The molecule has 2 nitrogen and oxygen atoms in total. The molecule has 1 aromatic carbocycles. The van der Waals surface area contributed by atoms with Crippen molar-refractivity contribution in [1.82, 2.24) is 0 Å². The molecule has 0 N–H and O–H groups in total. The lowest BCUT2D eigenvalue weighted by molar-refractivity contribution is -0.274. The van der Waals surface area contributed by atoms with Crippen LogP contribution < -0.4 is 4.74 Å². The molecule has 1 rings (SSSR count). The molecule has 0 saturated heterocycles. The summed E-state index contributed by atoms with van der Waals surface area (Å²) in [5.41, 5.74) is -0.162. The molecule has 0 heterocycles. The van der Waals surface area contributed by atoms with Gasteiger partial charge in [0.25, 0.3) is 0 Å². The number of ether oxygens (including phenoxy) is 1. The smallest absolute Gasteiger partial charge is 0.405 e. The lowest BCUT2D eigenvalue weighted by Gasteiger charge is -2.10. The summed E-state index contributed by atoms with van der Waals surface area (Å²) in [4.78, 5) is 10.5. The molecule has 6 heteroatoms. The van der Waals surface area contributed by atoms with Gasteiger partial charge in [-0.15, -0.1) is 13.2 Å². The Morgan fingerprint density at radius 2 is 2.00 bits per heavy atom. The number of halogens is 4. The van der Waals surface area contributed by atoms with Crippen molar-refractivity contribution in [2.24, 2.45) is 0 Å². The number of hydrogen-bond donors (Lipinski definition) is 0. The summed E-state index contributed by atoms with van der Waals surface area (Å²) in [5, 5.41) is 0. The summed E-state index contributed by atoms with van der Waals surface area (Å²) in [6, 6.07) is 3.87. The molecule has 0 aromatic heterocycles. The fraction of sp³-hybridized carbons (Fsp3) is 0.125. The van der Waals surface area contributed by atoms with Crippen LogP contribution in [0.3, 0.4) is 0 Å². The monoisotopic (exact) mass is 268 g/mol. The Balaban J connectivity index is 3.08. The lowest BCUT2D eigenvalue weighted by atomic mass is 10.2. The fourth-order valence-corrected chi connectivity index (χ4v) is 1.29. The maximum absolute atomic E-state index is 11.8. The first-order chi connectivity index (χ1) is 6.44. The zero-order valence-corrected chi connectivity index (χ0v) is 8.22. The largest absolute Gasteiger partial charge is 0.573 e. The first-order valence-electron chi connectivity index (χ1n) is 3.43. The van der Waals surface area contributed by atoms with Gasteiger partial charge in [-0.2, -0.15) is 0 Å². The molecule has 0 fully saturated rings. The van der Waals surface area contributed by atoms with Crippen LogP contribution in [0.4, 0.5) is 13.2 Å². The molecule has 1 aromatic rings. The lowest BCUT2D eigenvalue weighted by Crippen LogP contribution is -2.18. The molecule has 0 atom stereocenters. The molecular formula is C8H4BrF3O2. The molecule has 0 aliphatic carbocycles. The molecule has 0 aliphatic rings. The highest BCUT2D eigenvalue weighted by Gasteiger charge is 2.32. The highest BCUT2D eigenvalue weighted by Crippen LogP contribution is 2.29. The van der Waals surface area contributed by atoms with Gasteiger partial charge in [-0.05, 0) is 28.1 Å².